The molecule has 1 aromatic carbocycles. The molecule has 0 aliphatic heterocycles. The van der Waals surface area contributed by atoms with E-state index in [2.05, 4.69) is 4.09 Å². The zero-order valence-corrected chi connectivity index (χ0v) is 11.1. The predicted octanol–water partition coefficient (Wildman–Crippen LogP) is 0.675. The third kappa shape index (κ3) is 9.38. The average Bonchev–Trinajstić information content (AvgIpc) is 2.06. The van der Waals surface area contributed by atoms with Gasteiger partial charge in [0, 0.05) is 0 Å². The first-order valence-electron chi connectivity index (χ1n) is 3.98. The van der Waals surface area contributed by atoms with E-state index in [0.29, 0.717) is 0 Å². The maximum atomic E-state index is 8.35. The maximum absolute atomic E-state index is 8.35. The standard InChI is InChI=1S/C6H5.C3H9N.CN.Sn/c1-2-4-6-5-3-1;1-4(2)3;1-2;/h1-5H;1-3H3;;. The zero-order chi connectivity index (χ0) is 10.1. The summed E-state index contributed by atoms with van der Waals surface area (Å²) in [6.45, 7) is 0. The van der Waals surface area contributed by atoms with E-state index in [0.717, 1.165) is 0 Å². The minimum atomic E-state index is -0.844. The van der Waals surface area contributed by atoms with Crippen molar-refractivity contribution in [2.75, 3.05) is 21.1 Å². The van der Waals surface area contributed by atoms with Gasteiger partial charge in [0.2, 0.25) is 0 Å². The molecule has 2 radical (unpaired) electrons. The molecule has 0 aliphatic rings. The van der Waals surface area contributed by atoms with Crippen molar-refractivity contribution < 1.29 is 0 Å². The first-order chi connectivity index (χ1) is 6.16. The van der Waals surface area contributed by atoms with Gasteiger partial charge in [0.25, 0.3) is 0 Å². The number of rotatable bonds is 1. The van der Waals surface area contributed by atoms with Gasteiger partial charge < -0.3 is 4.90 Å². The molecule has 0 heterocycles. The molecule has 0 spiro atoms. The van der Waals surface area contributed by atoms with Crippen LogP contribution in [0.2, 0.25) is 0 Å². The molecule has 3 heteroatoms. The first kappa shape index (κ1) is 12.5. The number of nitrogens with zero attached hydrogens (tertiary/aromatic N) is 2. The van der Waals surface area contributed by atoms with E-state index in [1.807, 2.05) is 56.4 Å². The Morgan fingerprint density at radius 1 is 1.15 bits per heavy atom. The van der Waals surface area contributed by atoms with Crippen molar-refractivity contribution in [3.63, 3.8) is 0 Å². The van der Waals surface area contributed by atoms with E-state index < -0.39 is 21.1 Å². The van der Waals surface area contributed by atoms with Gasteiger partial charge in [-0.1, -0.05) is 0 Å². The summed E-state index contributed by atoms with van der Waals surface area (Å²) in [6.07, 6.45) is 0. The summed E-state index contributed by atoms with van der Waals surface area (Å²) in [5, 5.41) is 8.35. The Balaban J connectivity index is 0.000000310. The molecule has 1 aromatic rings. The monoisotopic (exact) mass is 282 g/mol. The summed E-state index contributed by atoms with van der Waals surface area (Å²) >= 11 is -0.844. The second-order valence-corrected chi connectivity index (χ2v) is 5.94. The van der Waals surface area contributed by atoms with Crippen molar-refractivity contribution in [3.8, 4) is 4.09 Å². The van der Waals surface area contributed by atoms with Gasteiger partial charge in [-0.25, -0.2) is 0 Å². The second kappa shape index (κ2) is 8.08. The molecule has 0 saturated carbocycles. The molecule has 0 N–H and O–H groups in total. The summed E-state index contributed by atoms with van der Waals surface area (Å²) in [5.41, 5.74) is 0. The van der Waals surface area contributed by atoms with Crippen LogP contribution in [0, 0.1) is 9.35 Å². The van der Waals surface area contributed by atoms with Crippen LogP contribution >= 0.6 is 0 Å². The van der Waals surface area contributed by atoms with Crippen molar-refractivity contribution in [2.24, 2.45) is 0 Å². The Hall–Kier alpha value is -0.531. The van der Waals surface area contributed by atoms with Crippen LogP contribution in [0.5, 0.6) is 0 Å². The van der Waals surface area contributed by atoms with Crippen molar-refractivity contribution in [2.45, 2.75) is 0 Å². The van der Waals surface area contributed by atoms with E-state index >= 15 is 0 Å². The van der Waals surface area contributed by atoms with Crippen LogP contribution in [-0.4, -0.2) is 47.2 Å². The molecule has 0 aliphatic carbocycles. The fourth-order valence-corrected chi connectivity index (χ4v) is 1.98. The predicted molar refractivity (Wildman–Crippen MR) is 57.1 cm³/mol. The fourth-order valence-electron chi connectivity index (χ4n) is 0.586. The van der Waals surface area contributed by atoms with Crippen LogP contribution in [0.15, 0.2) is 30.3 Å². The molecule has 0 amide bonds. The number of hydrogen-bond donors (Lipinski definition) is 0. The molecular formula is C10H14N2Sn. The van der Waals surface area contributed by atoms with Crippen LogP contribution in [0.1, 0.15) is 0 Å². The molecule has 0 saturated heterocycles. The molecule has 0 unspecified atom stereocenters. The van der Waals surface area contributed by atoms with E-state index in [9.17, 15) is 0 Å². The van der Waals surface area contributed by atoms with Gasteiger partial charge in [0.1, 0.15) is 0 Å². The Bertz CT molecular complexity index is 249. The van der Waals surface area contributed by atoms with Gasteiger partial charge in [-0.15, -0.1) is 0 Å². The number of hydrogen-bond acceptors (Lipinski definition) is 2. The average molecular weight is 281 g/mol. The minimum absolute atomic E-state index is 0.844. The molecular weight excluding hydrogens is 267 g/mol. The molecule has 0 atom stereocenters. The van der Waals surface area contributed by atoms with Crippen LogP contribution in [0.4, 0.5) is 0 Å². The Morgan fingerprint density at radius 2 is 1.62 bits per heavy atom. The molecule has 0 fully saturated rings. The van der Waals surface area contributed by atoms with Crippen molar-refractivity contribution in [1.29, 1.82) is 5.26 Å². The first-order valence-corrected chi connectivity index (χ1v) is 6.83. The molecule has 0 bridgehead atoms. The third-order valence-electron chi connectivity index (χ3n) is 0.974. The zero-order valence-electron chi connectivity index (χ0n) is 8.28. The van der Waals surface area contributed by atoms with Gasteiger partial charge in [-0.3, -0.25) is 0 Å². The Morgan fingerprint density at radius 3 is 2.00 bits per heavy atom. The van der Waals surface area contributed by atoms with Crippen molar-refractivity contribution in [3.05, 3.63) is 30.3 Å². The fraction of sp³-hybridized carbons (Fsp3) is 0.300. The van der Waals surface area contributed by atoms with Gasteiger partial charge in [-0.05, 0) is 21.1 Å². The second-order valence-electron chi connectivity index (χ2n) is 2.94. The molecule has 68 valence electrons. The van der Waals surface area contributed by atoms with Crippen molar-refractivity contribution >= 4 is 24.7 Å². The van der Waals surface area contributed by atoms with Crippen LogP contribution in [0.3, 0.4) is 0 Å². The summed E-state index contributed by atoms with van der Waals surface area (Å²) < 4.78 is 3.51. The topological polar surface area (TPSA) is 27.0 Å². The SMILES string of the molecule is CN(C)C.N#[C][Sn][c]1ccccc1. The van der Waals surface area contributed by atoms with Crippen LogP contribution in [-0.2, 0) is 0 Å². The molecule has 2 nitrogen and oxygen atoms in total. The van der Waals surface area contributed by atoms with E-state index in [4.69, 9.17) is 5.26 Å². The Labute approximate surface area is 90.4 Å². The number of benzene rings is 1. The summed E-state index contributed by atoms with van der Waals surface area (Å²) in [6, 6.07) is 9.98. The third-order valence-corrected chi connectivity index (χ3v) is 3.07. The van der Waals surface area contributed by atoms with Gasteiger partial charge in [0.05, 0.1) is 0 Å². The summed E-state index contributed by atoms with van der Waals surface area (Å²) in [7, 11) is 6.00. The normalized spacial score (nSPS) is 8.54. The van der Waals surface area contributed by atoms with Gasteiger partial charge in [0.15, 0.2) is 0 Å². The Kier molecular flexibility index (Phi) is 7.75. The van der Waals surface area contributed by atoms with Crippen LogP contribution < -0.4 is 3.58 Å². The molecule has 1 rings (SSSR count). The van der Waals surface area contributed by atoms with Gasteiger partial charge in [-0.2, -0.15) is 0 Å². The summed E-state index contributed by atoms with van der Waals surface area (Å²) in [5.74, 6) is 0. The van der Waals surface area contributed by atoms with E-state index in [1.54, 1.807) is 0 Å². The molecule has 13 heavy (non-hydrogen) atoms. The quantitative estimate of drug-likeness (QED) is 0.708. The summed E-state index contributed by atoms with van der Waals surface area (Å²) in [4.78, 5) is 2.00. The number of nitriles is 1. The van der Waals surface area contributed by atoms with Crippen molar-refractivity contribution in [1.82, 2.24) is 4.90 Å². The van der Waals surface area contributed by atoms with E-state index in [-0.39, 0.29) is 0 Å². The molecule has 0 aromatic heterocycles. The van der Waals surface area contributed by atoms with Gasteiger partial charge >= 0.3 is 64.4 Å². The van der Waals surface area contributed by atoms with E-state index in [1.165, 1.54) is 3.58 Å². The van der Waals surface area contributed by atoms with Crippen LogP contribution in [0.25, 0.3) is 0 Å².